The number of carbonyl (C=O) groups is 1. The van der Waals surface area contributed by atoms with Crippen LogP contribution in [0.4, 0.5) is 0 Å². The van der Waals surface area contributed by atoms with E-state index in [1.807, 2.05) is 24.3 Å². The molecule has 0 N–H and O–H groups in total. The average molecular weight is 253 g/mol. The van der Waals surface area contributed by atoms with Crippen LogP contribution in [0.3, 0.4) is 0 Å². The van der Waals surface area contributed by atoms with E-state index < -0.39 is 0 Å². The zero-order valence-electron chi connectivity index (χ0n) is 11.6. The van der Waals surface area contributed by atoms with Gasteiger partial charge in [0.2, 0.25) is 0 Å². The monoisotopic (exact) mass is 253 g/mol. The van der Waals surface area contributed by atoms with E-state index in [1.165, 1.54) is 5.56 Å². The Kier molecular flexibility index (Phi) is 3.79. The number of hydrogen-bond acceptors (Lipinski definition) is 2. The van der Waals surface area contributed by atoms with Gasteiger partial charge < -0.3 is 4.79 Å². The molecule has 2 nitrogen and oxygen atoms in total. The molecule has 0 aliphatic rings. The topological polar surface area (TPSA) is 30.0 Å². The van der Waals surface area contributed by atoms with Crippen molar-refractivity contribution in [3.05, 3.63) is 65.5 Å². The van der Waals surface area contributed by atoms with Crippen LogP contribution in [0.25, 0.3) is 0 Å². The molecule has 98 valence electrons. The van der Waals surface area contributed by atoms with Crippen LogP contribution in [0.15, 0.2) is 48.8 Å². The summed E-state index contributed by atoms with van der Waals surface area (Å²) in [5.74, 6) is -0.234. The van der Waals surface area contributed by atoms with E-state index in [1.54, 1.807) is 12.4 Å². The first kappa shape index (κ1) is 13.5. The molecule has 0 aliphatic carbocycles. The van der Waals surface area contributed by atoms with E-state index in [0.29, 0.717) is 0 Å². The van der Waals surface area contributed by atoms with E-state index >= 15 is 0 Å². The smallest absolute Gasteiger partial charge is 0.131 e. The lowest BCUT2D eigenvalue weighted by molar-refractivity contribution is -0.108. The highest BCUT2D eigenvalue weighted by atomic mass is 16.1. The fourth-order valence-electron chi connectivity index (χ4n) is 2.10. The number of nitrogens with zero attached hydrogens (tertiary/aromatic N) is 1. The van der Waals surface area contributed by atoms with Crippen molar-refractivity contribution in [3.63, 3.8) is 0 Å². The maximum Gasteiger partial charge on any atom is 0.131 e. The standard InChI is InChI=1S/C17H19NO/c1-17(2,3)15-8-6-13(7-9-15)16(12-19)14-5-4-10-18-11-14/h4-12,16H,1-3H3. The zero-order chi connectivity index (χ0) is 13.9. The second kappa shape index (κ2) is 5.35. The lowest BCUT2D eigenvalue weighted by atomic mass is 9.85. The molecule has 0 bridgehead atoms. The molecule has 0 spiro atoms. The van der Waals surface area contributed by atoms with Gasteiger partial charge in [0.1, 0.15) is 6.29 Å². The number of pyridine rings is 1. The van der Waals surface area contributed by atoms with E-state index in [0.717, 1.165) is 17.4 Å². The number of benzene rings is 1. The first-order valence-corrected chi connectivity index (χ1v) is 6.48. The molecule has 0 saturated carbocycles. The van der Waals surface area contributed by atoms with Crippen LogP contribution in [0.1, 0.15) is 43.4 Å². The molecule has 2 aromatic rings. The Morgan fingerprint density at radius 1 is 1.05 bits per heavy atom. The Morgan fingerprint density at radius 2 is 1.74 bits per heavy atom. The molecule has 2 rings (SSSR count). The van der Waals surface area contributed by atoms with Gasteiger partial charge >= 0.3 is 0 Å². The van der Waals surface area contributed by atoms with Crippen LogP contribution >= 0.6 is 0 Å². The molecule has 1 heterocycles. The molecule has 2 heteroatoms. The van der Waals surface area contributed by atoms with E-state index in [9.17, 15) is 4.79 Å². The zero-order valence-corrected chi connectivity index (χ0v) is 11.6. The van der Waals surface area contributed by atoms with Crippen molar-refractivity contribution in [2.75, 3.05) is 0 Å². The molecule has 0 amide bonds. The SMILES string of the molecule is CC(C)(C)c1ccc(C(C=O)c2cccnc2)cc1. The fourth-order valence-corrected chi connectivity index (χ4v) is 2.10. The van der Waals surface area contributed by atoms with Gasteiger partial charge in [-0.05, 0) is 28.2 Å². The van der Waals surface area contributed by atoms with Crippen LogP contribution in [0, 0.1) is 0 Å². The number of aldehydes is 1. The number of hydrogen-bond donors (Lipinski definition) is 0. The lowest BCUT2D eigenvalue weighted by Crippen LogP contribution is -2.11. The van der Waals surface area contributed by atoms with Crippen molar-refractivity contribution >= 4 is 6.29 Å². The molecule has 0 radical (unpaired) electrons. The van der Waals surface area contributed by atoms with Crippen molar-refractivity contribution in [1.82, 2.24) is 4.98 Å². The fraction of sp³-hybridized carbons (Fsp3) is 0.294. The van der Waals surface area contributed by atoms with Crippen molar-refractivity contribution in [2.24, 2.45) is 0 Å². The van der Waals surface area contributed by atoms with Gasteiger partial charge in [-0.2, -0.15) is 0 Å². The van der Waals surface area contributed by atoms with Gasteiger partial charge in [0.15, 0.2) is 0 Å². The molecule has 1 aromatic carbocycles. The normalized spacial score (nSPS) is 13.0. The van der Waals surface area contributed by atoms with E-state index in [-0.39, 0.29) is 11.3 Å². The van der Waals surface area contributed by atoms with Gasteiger partial charge in [-0.1, -0.05) is 51.1 Å². The van der Waals surface area contributed by atoms with Gasteiger partial charge in [0.05, 0.1) is 5.92 Å². The number of carbonyl (C=O) groups excluding carboxylic acids is 1. The van der Waals surface area contributed by atoms with Crippen molar-refractivity contribution < 1.29 is 4.79 Å². The molecule has 0 saturated heterocycles. The lowest BCUT2D eigenvalue weighted by Gasteiger charge is -2.20. The Hall–Kier alpha value is -1.96. The van der Waals surface area contributed by atoms with Crippen LogP contribution < -0.4 is 0 Å². The predicted molar refractivity (Wildman–Crippen MR) is 77.3 cm³/mol. The van der Waals surface area contributed by atoms with Gasteiger partial charge in [0, 0.05) is 12.4 Å². The number of aromatic nitrogens is 1. The summed E-state index contributed by atoms with van der Waals surface area (Å²) in [6.07, 6.45) is 4.44. The van der Waals surface area contributed by atoms with Crippen LogP contribution in [0.5, 0.6) is 0 Å². The second-order valence-corrected chi connectivity index (χ2v) is 5.77. The van der Waals surface area contributed by atoms with Crippen LogP contribution in [0.2, 0.25) is 0 Å². The summed E-state index contributed by atoms with van der Waals surface area (Å²) in [6, 6.07) is 12.1. The molecule has 19 heavy (non-hydrogen) atoms. The Bertz CT molecular complexity index is 538. The molecule has 1 unspecified atom stereocenters. The summed E-state index contributed by atoms with van der Waals surface area (Å²) in [5, 5.41) is 0. The highest BCUT2D eigenvalue weighted by molar-refractivity contribution is 5.68. The second-order valence-electron chi connectivity index (χ2n) is 5.77. The van der Waals surface area contributed by atoms with Crippen LogP contribution in [-0.2, 0) is 10.2 Å². The van der Waals surface area contributed by atoms with Gasteiger partial charge in [-0.25, -0.2) is 0 Å². The summed E-state index contributed by atoms with van der Waals surface area (Å²) in [4.78, 5) is 15.4. The third-order valence-electron chi connectivity index (χ3n) is 3.32. The minimum Gasteiger partial charge on any atom is -0.302 e. The molecule has 0 aliphatic heterocycles. The average Bonchev–Trinajstić information content (AvgIpc) is 2.40. The molecule has 0 fully saturated rings. The quantitative estimate of drug-likeness (QED) is 0.780. The largest absolute Gasteiger partial charge is 0.302 e. The maximum absolute atomic E-state index is 11.4. The molecule has 1 aromatic heterocycles. The van der Waals surface area contributed by atoms with Gasteiger partial charge in [-0.15, -0.1) is 0 Å². The van der Waals surface area contributed by atoms with Gasteiger partial charge in [0.25, 0.3) is 0 Å². The Balaban J connectivity index is 2.33. The summed E-state index contributed by atoms with van der Waals surface area (Å²) in [5.41, 5.74) is 3.34. The summed E-state index contributed by atoms with van der Waals surface area (Å²) in [6.45, 7) is 6.54. The highest BCUT2D eigenvalue weighted by Crippen LogP contribution is 2.26. The third kappa shape index (κ3) is 3.08. The maximum atomic E-state index is 11.4. The molecular formula is C17H19NO. The van der Waals surface area contributed by atoms with Crippen molar-refractivity contribution in [1.29, 1.82) is 0 Å². The van der Waals surface area contributed by atoms with Crippen molar-refractivity contribution in [3.8, 4) is 0 Å². The first-order chi connectivity index (χ1) is 9.02. The minimum atomic E-state index is -0.234. The number of rotatable bonds is 3. The Morgan fingerprint density at radius 3 is 2.21 bits per heavy atom. The molecular weight excluding hydrogens is 234 g/mol. The van der Waals surface area contributed by atoms with E-state index in [2.05, 4.69) is 37.9 Å². The minimum absolute atomic E-state index is 0.128. The summed E-state index contributed by atoms with van der Waals surface area (Å²) < 4.78 is 0. The highest BCUT2D eigenvalue weighted by Gasteiger charge is 2.16. The summed E-state index contributed by atoms with van der Waals surface area (Å²) in [7, 11) is 0. The third-order valence-corrected chi connectivity index (χ3v) is 3.32. The Labute approximate surface area is 114 Å². The summed E-state index contributed by atoms with van der Waals surface area (Å²) >= 11 is 0. The molecule has 1 atom stereocenters. The van der Waals surface area contributed by atoms with Gasteiger partial charge in [-0.3, -0.25) is 4.98 Å². The van der Waals surface area contributed by atoms with Crippen LogP contribution in [-0.4, -0.2) is 11.3 Å². The van der Waals surface area contributed by atoms with E-state index in [4.69, 9.17) is 0 Å². The predicted octanol–water partition coefficient (Wildman–Crippen LogP) is 3.71. The van der Waals surface area contributed by atoms with Crippen molar-refractivity contribution in [2.45, 2.75) is 32.1 Å². The first-order valence-electron chi connectivity index (χ1n) is 6.48.